The second kappa shape index (κ2) is 7.05. The van der Waals surface area contributed by atoms with E-state index in [1.807, 2.05) is 18.2 Å². The van der Waals surface area contributed by atoms with Crippen LogP contribution in [-0.2, 0) is 17.9 Å². The molecule has 0 atom stereocenters. The Morgan fingerprint density at radius 2 is 1.55 bits per heavy atom. The van der Waals surface area contributed by atoms with E-state index in [0.29, 0.717) is 0 Å². The molecule has 1 N–H and O–H groups in total. The lowest BCUT2D eigenvalue weighted by Crippen LogP contribution is -2.37. The van der Waals surface area contributed by atoms with Crippen LogP contribution in [-0.4, -0.2) is 24.5 Å². The fraction of sp³-hybridized carbons (Fsp3) is 0.211. The predicted molar refractivity (Wildman–Crippen MR) is 91.2 cm³/mol. The molecule has 0 aliphatic heterocycles. The zero-order chi connectivity index (χ0) is 16.0. The smallest absolute Gasteiger partial charge is 0.247 e. The van der Waals surface area contributed by atoms with Gasteiger partial charge < -0.3 is 9.80 Å². The molecule has 2 rings (SSSR count). The lowest BCUT2D eigenvalue weighted by molar-refractivity contribution is -0.916. The Kier molecular flexibility index (Phi) is 5.12. The molecule has 0 spiro atoms. The van der Waals surface area contributed by atoms with Crippen LogP contribution in [0, 0.1) is 0 Å². The summed E-state index contributed by atoms with van der Waals surface area (Å²) in [6.45, 7) is 5.37. The first kappa shape index (κ1) is 16.0. The average Bonchev–Trinajstić information content (AvgIpc) is 2.49. The topological polar surface area (TPSA) is 29.1 Å². The Morgan fingerprint density at radius 1 is 1.00 bits per heavy atom. The van der Waals surface area contributed by atoms with E-state index in [1.54, 1.807) is 0 Å². The minimum atomic E-state index is -0.187. The van der Waals surface area contributed by atoms with E-state index in [4.69, 9.17) is 0 Å². The number of nitrogens with zero attached hydrogens (tertiary/aromatic N) is 1. The van der Waals surface area contributed by atoms with Gasteiger partial charge in [-0.1, -0.05) is 49.0 Å². The second-order valence-electron chi connectivity index (χ2n) is 6.13. The van der Waals surface area contributed by atoms with Crippen molar-refractivity contribution >= 4 is 11.6 Å². The molecule has 22 heavy (non-hydrogen) atoms. The summed E-state index contributed by atoms with van der Waals surface area (Å²) in [4.78, 5) is 11.3. The van der Waals surface area contributed by atoms with Crippen molar-refractivity contribution in [2.45, 2.75) is 13.1 Å². The number of nitrogens with one attached hydrogen (secondary N) is 1. The van der Waals surface area contributed by atoms with Crippen molar-refractivity contribution in [1.82, 2.24) is 0 Å². The Hall–Kier alpha value is -2.39. The van der Waals surface area contributed by atoms with Gasteiger partial charge in [-0.2, -0.15) is 0 Å². The zero-order valence-electron chi connectivity index (χ0n) is 13.3. The molecule has 0 saturated carbocycles. The summed E-state index contributed by atoms with van der Waals surface area (Å²) in [5, 5.41) is 2.76. The van der Waals surface area contributed by atoms with Crippen molar-refractivity contribution in [2.24, 2.45) is 0 Å². The minimum Gasteiger partial charge on any atom is -0.323 e. The van der Waals surface area contributed by atoms with Crippen LogP contribution in [0.2, 0.25) is 0 Å². The van der Waals surface area contributed by atoms with E-state index in [9.17, 15) is 4.79 Å². The van der Waals surface area contributed by atoms with Crippen LogP contribution < -0.4 is 5.32 Å². The SMILES string of the molecule is C=CC(=O)Nc1ccc(C[N+](C)(C)Cc2ccccc2)cc1. The van der Waals surface area contributed by atoms with E-state index in [-0.39, 0.29) is 5.91 Å². The van der Waals surface area contributed by atoms with E-state index >= 15 is 0 Å². The normalized spacial score (nSPS) is 11.0. The van der Waals surface area contributed by atoms with E-state index in [2.05, 4.69) is 62.4 Å². The Morgan fingerprint density at radius 3 is 2.09 bits per heavy atom. The van der Waals surface area contributed by atoms with Gasteiger partial charge in [-0.3, -0.25) is 4.79 Å². The molecular formula is C19H23N2O+. The van der Waals surface area contributed by atoms with E-state index < -0.39 is 0 Å². The number of hydrogen-bond donors (Lipinski definition) is 1. The van der Waals surface area contributed by atoms with Gasteiger partial charge in [0.15, 0.2) is 0 Å². The van der Waals surface area contributed by atoms with Crippen LogP contribution in [0.15, 0.2) is 67.3 Å². The summed E-state index contributed by atoms with van der Waals surface area (Å²) in [5.74, 6) is -0.187. The number of carbonyl (C=O) groups excluding carboxylic acids is 1. The molecule has 0 radical (unpaired) electrons. The summed E-state index contributed by atoms with van der Waals surface area (Å²) in [6, 6.07) is 18.5. The van der Waals surface area contributed by atoms with Gasteiger partial charge in [0.2, 0.25) is 5.91 Å². The van der Waals surface area contributed by atoms with Gasteiger partial charge in [0.25, 0.3) is 0 Å². The third-order valence-corrected chi connectivity index (χ3v) is 3.47. The molecule has 0 fully saturated rings. The van der Waals surface area contributed by atoms with Crippen LogP contribution in [0.4, 0.5) is 5.69 Å². The Bertz CT molecular complexity index is 630. The minimum absolute atomic E-state index is 0.187. The lowest BCUT2D eigenvalue weighted by atomic mass is 10.1. The first-order chi connectivity index (χ1) is 10.5. The largest absolute Gasteiger partial charge is 0.323 e. The standard InChI is InChI=1S/C19H22N2O/c1-4-19(22)20-18-12-10-17(11-13-18)15-21(2,3)14-16-8-6-5-7-9-16/h4-13H,1,14-15H2,2-3H3/p+1. The highest BCUT2D eigenvalue weighted by molar-refractivity contribution is 5.98. The van der Waals surface area contributed by atoms with Crippen LogP contribution >= 0.6 is 0 Å². The summed E-state index contributed by atoms with van der Waals surface area (Å²) >= 11 is 0. The van der Waals surface area contributed by atoms with Gasteiger partial charge in [-0.05, 0) is 18.2 Å². The maximum atomic E-state index is 11.3. The molecule has 0 heterocycles. The molecule has 0 aromatic heterocycles. The van der Waals surface area contributed by atoms with Gasteiger partial charge in [0.05, 0.1) is 14.1 Å². The third-order valence-electron chi connectivity index (χ3n) is 3.47. The molecule has 0 bridgehead atoms. The zero-order valence-corrected chi connectivity index (χ0v) is 13.3. The van der Waals surface area contributed by atoms with Crippen LogP contribution in [0.1, 0.15) is 11.1 Å². The van der Waals surface area contributed by atoms with Crippen LogP contribution in [0.25, 0.3) is 0 Å². The third kappa shape index (κ3) is 4.86. The number of hydrogen-bond acceptors (Lipinski definition) is 1. The van der Waals surface area contributed by atoms with Gasteiger partial charge in [-0.25, -0.2) is 0 Å². The molecule has 1 amide bonds. The van der Waals surface area contributed by atoms with E-state index in [0.717, 1.165) is 23.3 Å². The van der Waals surface area contributed by atoms with Crippen molar-refractivity contribution in [3.8, 4) is 0 Å². The number of rotatable bonds is 6. The van der Waals surface area contributed by atoms with Crippen molar-refractivity contribution in [2.75, 3.05) is 19.4 Å². The monoisotopic (exact) mass is 295 g/mol. The van der Waals surface area contributed by atoms with Crippen LogP contribution in [0.3, 0.4) is 0 Å². The van der Waals surface area contributed by atoms with Crippen molar-refractivity contribution < 1.29 is 9.28 Å². The number of anilines is 1. The van der Waals surface area contributed by atoms with Crippen molar-refractivity contribution in [3.05, 3.63) is 78.4 Å². The summed E-state index contributed by atoms with van der Waals surface area (Å²) in [5.41, 5.74) is 3.38. The number of benzene rings is 2. The number of quaternary nitrogens is 1. The first-order valence-corrected chi connectivity index (χ1v) is 7.37. The van der Waals surface area contributed by atoms with Gasteiger partial charge in [0, 0.05) is 16.8 Å². The molecule has 114 valence electrons. The highest BCUT2D eigenvalue weighted by Crippen LogP contribution is 2.16. The van der Waals surface area contributed by atoms with Gasteiger partial charge >= 0.3 is 0 Å². The fourth-order valence-corrected chi connectivity index (χ4v) is 2.51. The molecule has 2 aromatic rings. The van der Waals surface area contributed by atoms with Gasteiger partial charge in [-0.15, -0.1) is 0 Å². The molecule has 0 saturated heterocycles. The lowest BCUT2D eigenvalue weighted by Gasteiger charge is -2.30. The Balaban J connectivity index is 2.00. The molecule has 0 aliphatic carbocycles. The van der Waals surface area contributed by atoms with Crippen molar-refractivity contribution in [3.63, 3.8) is 0 Å². The highest BCUT2D eigenvalue weighted by Gasteiger charge is 2.16. The molecule has 2 aromatic carbocycles. The summed E-state index contributed by atoms with van der Waals surface area (Å²) in [6.07, 6.45) is 1.27. The number of carbonyl (C=O) groups is 1. The average molecular weight is 295 g/mol. The summed E-state index contributed by atoms with van der Waals surface area (Å²) < 4.78 is 0.877. The fourth-order valence-electron chi connectivity index (χ4n) is 2.51. The number of amides is 1. The quantitative estimate of drug-likeness (QED) is 0.640. The first-order valence-electron chi connectivity index (χ1n) is 7.37. The van der Waals surface area contributed by atoms with Gasteiger partial charge in [0.1, 0.15) is 13.1 Å². The van der Waals surface area contributed by atoms with Crippen molar-refractivity contribution in [1.29, 1.82) is 0 Å². The Labute approximate surface area is 132 Å². The van der Waals surface area contributed by atoms with Crippen LogP contribution in [0.5, 0.6) is 0 Å². The molecule has 0 aliphatic rings. The van der Waals surface area contributed by atoms with E-state index in [1.165, 1.54) is 17.2 Å². The maximum Gasteiger partial charge on any atom is 0.247 e. The molecular weight excluding hydrogens is 272 g/mol. The predicted octanol–water partition coefficient (Wildman–Crippen LogP) is 3.59. The molecule has 0 unspecified atom stereocenters. The molecule has 3 heteroatoms. The maximum absolute atomic E-state index is 11.3. The summed E-state index contributed by atoms with van der Waals surface area (Å²) in [7, 11) is 4.45. The molecule has 3 nitrogen and oxygen atoms in total. The highest BCUT2D eigenvalue weighted by atomic mass is 16.1. The second-order valence-corrected chi connectivity index (χ2v) is 6.13.